The maximum absolute atomic E-state index is 5.14. The van der Waals surface area contributed by atoms with E-state index in [1.165, 1.54) is 5.69 Å². The number of halogens is 1. The van der Waals surface area contributed by atoms with Crippen molar-refractivity contribution in [1.82, 2.24) is 15.1 Å². The van der Waals surface area contributed by atoms with Crippen LogP contribution < -0.4 is 5.32 Å². The molecule has 1 rings (SSSR count). The molecular weight excluding hydrogens is 318 g/mol. The fourth-order valence-corrected chi connectivity index (χ4v) is 2.87. The lowest BCUT2D eigenvalue weighted by Gasteiger charge is -2.31. The molecule has 1 N–H and O–H groups in total. The maximum Gasteiger partial charge on any atom is 0.0658 e. The monoisotopic (exact) mass is 345 g/mol. The molecule has 20 heavy (non-hydrogen) atoms. The molecule has 0 amide bonds. The molecule has 0 saturated heterocycles. The molecule has 116 valence electrons. The fraction of sp³-hybridized carbons (Fsp3) is 0.800. The molecule has 0 radical (unpaired) electrons. The molecule has 0 aliphatic rings. The Labute approximate surface area is 131 Å². The first-order valence-electron chi connectivity index (χ1n) is 7.32. The average molecular weight is 346 g/mol. The minimum atomic E-state index is 0.264. The predicted molar refractivity (Wildman–Crippen MR) is 87.0 cm³/mol. The number of aromatic nitrogens is 2. The van der Waals surface area contributed by atoms with Crippen molar-refractivity contribution in [3.63, 3.8) is 0 Å². The van der Waals surface area contributed by atoms with Gasteiger partial charge in [0.2, 0.25) is 0 Å². The molecule has 0 fully saturated rings. The Morgan fingerprint density at radius 1 is 1.45 bits per heavy atom. The van der Waals surface area contributed by atoms with Crippen LogP contribution in [0.1, 0.15) is 39.8 Å². The molecule has 1 unspecified atom stereocenters. The normalized spacial score (nSPS) is 13.7. The van der Waals surface area contributed by atoms with Gasteiger partial charge in [0.1, 0.15) is 0 Å². The van der Waals surface area contributed by atoms with Crippen molar-refractivity contribution in [1.29, 1.82) is 0 Å². The third kappa shape index (κ3) is 5.19. The topological polar surface area (TPSA) is 39.1 Å². The highest BCUT2D eigenvalue weighted by Crippen LogP contribution is 2.25. The van der Waals surface area contributed by atoms with E-state index in [-0.39, 0.29) is 5.41 Å². The van der Waals surface area contributed by atoms with E-state index in [1.807, 2.05) is 10.9 Å². The number of rotatable bonds is 8. The van der Waals surface area contributed by atoms with Crippen molar-refractivity contribution in [2.45, 2.75) is 53.1 Å². The maximum atomic E-state index is 5.14. The van der Waals surface area contributed by atoms with Gasteiger partial charge in [-0.15, -0.1) is 0 Å². The molecule has 0 bridgehead atoms. The minimum Gasteiger partial charge on any atom is -0.383 e. The third-order valence-electron chi connectivity index (χ3n) is 3.57. The van der Waals surface area contributed by atoms with Gasteiger partial charge >= 0.3 is 0 Å². The first-order valence-corrected chi connectivity index (χ1v) is 8.12. The Bertz CT molecular complexity index is 398. The summed E-state index contributed by atoms with van der Waals surface area (Å²) in [5.41, 5.74) is 1.52. The number of hydrogen-bond acceptors (Lipinski definition) is 3. The molecule has 1 aromatic heterocycles. The highest BCUT2D eigenvalue weighted by Gasteiger charge is 2.24. The number of nitrogens with one attached hydrogen (secondary N) is 1. The van der Waals surface area contributed by atoms with Gasteiger partial charge in [-0.05, 0) is 40.7 Å². The van der Waals surface area contributed by atoms with E-state index in [1.54, 1.807) is 7.11 Å². The van der Waals surface area contributed by atoms with E-state index in [0.29, 0.717) is 12.6 Å². The molecule has 4 nitrogen and oxygen atoms in total. The van der Waals surface area contributed by atoms with E-state index in [2.05, 4.69) is 54.0 Å². The summed E-state index contributed by atoms with van der Waals surface area (Å²) >= 11 is 3.60. The second kappa shape index (κ2) is 8.15. The van der Waals surface area contributed by atoms with Gasteiger partial charge in [0.25, 0.3) is 0 Å². The Morgan fingerprint density at radius 3 is 2.70 bits per heavy atom. The molecule has 5 heteroatoms. The number of methoxy groups -OCH3 is 1. The number of ether oxygens (including phenoxy) is 1. The summed E-state index contributed by atoms with van der Waals surface area (Å²) in [6.45, 7) is 11.5. The molecule has 0 saturated carbocycles. The van der Waals surface area contributed by atoms with E-state index < -0.39 is 0 Å². The van der Waals surface area contributed by atoms with Crippen molar-refractivity contribution in [2.75, 3.05) is 20.3 Å². The van der Waals surface area contributed by atoms with Gasteiger partial charge in [0.15, 0.2) is 0 Å². The van der Waals surface area contributed by atoms with Gasteiger partial charge in [0, 0.05) is 13.2 Å². The van der Waals surface area contributed by atoms with Gasteiger partial charge in [-0.1, -0.05) is 27.7 Å². The zero-order chi connectivity index (χ0) is 15.2. The molecule has 0 aromatic carbocycles. The molecule has 1 aromatic rings. The van der Waals surface area contributed by atoms with Crippen LogP contribution in [0.2, 0.25) is 0 Å². The molecule has 1 atom stereocenters. The predicted octanol–water partition coefficient (Wildman–Crippen LogP) is 3.25. The van der Waals surface area contributed by atoms with Crippen LogP contribution in [0.3, 0.4) is 0 Å². The van der Waals surface area contributed by atoms with Crippen LogP contribution in [-0.2, 0) is 17.7 Å². The third-order valence-corrected chi connectivity index (χ3v) is 4.23. The van der Waals surface area contributed by atoms with Crippen LogP contribution in [0, 0.1) is 5.41 Å². The van der Waals surface area contributed by atoms with Crippen LogP contribution in [-0.4, -0.2) is 36.1 Å². The van der Waals surface area contributed by atoms with E-state index >= 15 is 0 Å². The highest BCUT2D eigenvalue weighted by atomic mass is 79.9. The van der Waals surface area contributed by atoms with Crippen LogP contribution >= 0.6 is 15.9 Å². The fourth-order valence-electron chi connectivity index (χ4n) is 2.38. The molecule has 0 aliphatic carbocycles. The van der Waals surface area contributed by atoms with Crippen molar-refractivity contribution in [2.24, 2.45) is 5.41 Å². The average Bonchev–Trinajstić information content (AvgIpc) is 2.71. The Morgan fingerprint density at radius 2 is 2.15 bits per heavy atom. The zero-order valence-electron chi connectivity index (χ0n) is 13.4. The minimum absolute atomic E-state index is 0.264. The second-order valence-electron chi connectivity index (χ2n) is 6.17. The van der Waals surface area contributed by atoms with Gasteiger partial charge < -0.3 is 10.1 Å². The van der Waals surface area contributed by atoms with Crippen molar-refractivity contribution in [3.8, 4) is 0 Å². The molecule has 0 spiro atoms. The second-order valence-corrected chi connectivity index (χ2v) is 7.02. The first-order chi connectivity index (χ1) is 9.40. The summed E-state index contributed by atoms with van der Waals surface area (Å²) in [5.74, 6) is 0. The van der Waals surface area contributed by atoms with Gasteiger partial charge in [-0.3, -0.25) is 4.68 Å². The number of nitrogens with zero attached hydrogens (tertiary/aromatic N) is 2. The summed E-state index contributed by atoms with van der Waals surface area (Å²) in [6.07, 6.45) is 4.00. The van der Waals surface area contributed by atoms with Crippen LogP contribution in [0.15, 0.2) is 10.7 Å². The van der Waals surface area contributed by atoms with E-state index in [9.17, 15) is 0 Å². The molecule has 0 aliphatic heterocycles. The Hall–Kier alpha value is -0.390. The molecule has 1 heterocycles. The van der Waals surface area contributed by atoms with Crippen molar-refractivity contribution in [3.05, 3.63) is 16.4 Å². The van der Waals surface area contributed by atoms with Crippen LogP contribution in [0.5, 0.6) is 0 Å². The molecular formula is C15H28BrN3O. The van der Waals surface area contributed by atoms with Crippen LogP contribution in [0.25, 0.3) is 0 Å². The lowest BCUT2D eigenvalue weighted by atomic mass is 9.83. The smallest absolute Gasteiger partial charge is 0.0658 e. The van der Waals surface area contributed by atoms with Crippen LogP contribution in [0.4, 0.5) is 0 Å². The summed E-state index contributed by atoms with van der Waals surface area (Å²) < 4.78 is 8.28. The lowest BCUT2D eigenvalue weighted by molar-refractivity contribution is 0.182. The van der Waals surface area contributed by atoms with Crippen molar-refractivity contribution >= 4 is 15.9 Å². The largest absolute Gasteiger partial charge is 0.383 e. The number of hydrogen-bond donors (Lipinski definition) is 1. The first kappa shape index (κ1) is 17.7. The van der Waals surface area contributed by atoms with Gasteiger partial charge in [0.05, 0.1) is 29.5 Å². The zero-order valence-corrected chi connectivity index (χ0v) is 15.0. The Balaban J connectivity index is 2.69. The van der Waals surface area contributed by atoms with Gasteiger partial charge in [-0.25, -0.2) is 0 Å². The van der Waals surface area contributed by atoms with E-state index in [0.717, 1.165) is 30.4 Å². The van der Waals surface area contributed by atoms with E-state index in [4.69, 9.17) is 4.74 Å². The highest BCUT2D eigenvalue weighted by molar-refractivity contribution is 9.10. The SMILES string of the molecule is CCNC(CCc1c(Br)cnn1CCOC)C(C)(C)C. The lowest BCUT2D eigenvalue weighted by Crippen LogP contribution is -2.40. The summed E-state index contributed by atoms with van der Waals surface area (Å²) in [7, 11) is 1.72. The Kier molecular flexibility index (Phi) is 7.20. The van der Waals surface area contributed by atoms with Crippen molar-refractivity contribution < 1.29 is 4.74 Å². The quantitative estimate of drug-likeness (QED) is 0.785. The summed E-state index contributed by atoms with van der Waals surface area (Å²) in [5, 5.41) is 8.01. The standard InChI is InChI=1S/C15H28BrN3O/c1-6-17-14(15(2,3)4)8-7-13-12(16)11-18-19(13)9-10-20-5/h11,14,17H,6-10H2,1-5H3. The summed E-state index contributed by atoms with van der Waals surface area (Å²) in [4.78, 5) is 0. The summed E-state index contributed by atoms with van der Waals surface area (Å²) in [6, 6.07) is 0.505. The van der Waals surface area contributed by atoms with Gasteiger partial charge in [-0.2, -0.15) is 5.10 Å².